The second-order valence-corrected chi connectivity index (χ2v) is 7.49. The summed E-state index contributed by atoms with van der Waals surface area (Å²) in [6.45, 7) is 5.68. The molecule has 1 heterocycles. The molecule has 9 nitrogen and oxygen atoms in total. The molecule has 2 aromatic rings. The van der Waals surface area contributed by atoms with Gasteiger partial charge in [-0.3, -0.25) is 5.32 Å². The van der Waals surface area contributed by atoms with Gasteiger partial charge in [0.1, 0.15) is 22.3 Å². The fourth-order valence-electron chi connectivity index (χ4n) is 2.35. The van der Waals surface area contributed by atoms with Gasteiger partial charge in [-0.05, 0) is 39.3 Å². The van der Waals surface area contributed by atoms with Crippen molar-refractivity contribution < 1.29 is 19.4 Å². The molecule has 0 aliphatic rings. The summed E-state index contributed by atoms with van der Waals surface area (Å²) in [5.41, 5.74) is 7.22. The van der Waals surface area contributed by atoms with Gasteiger partial charge in [-0.25, -0.2) is 14.6 Å². The molecule has 1 atom stereocenters. The van der Waals surface area contributed by atoms with Crippen molar-refractivity contribution in [2.45, 2.75) is 38.8 Å². The van der Waals surface area contributed by atoms with E-state index in [1.807, 2.05) is 0 Å². The number of rotatable bonds is 6. The standard InChI is InChI=1S/C18H24ClN5O4/c1-18(2,3)28-17(27)21-9-8-12(20)15-23-13(14(19)24-15)10-4-6-11(7-5-10)22-16(25)26/h4-7,12,22H,8-9,20H2,1-3H3,(H,21,27)(H,23,24)(H,25,26)/t12-/m0/s1. The molecule has 6 N–H and O–H groups in total. The van der Waals surface area contributed by atoms with Crippen LogP contribution in [0.15, 0.2) is 24.3 Å². The van der Waals surface area contributed by atoms with Crippen molar-refractivity contribution in [3.05, 3.63) is 35.2 Å². The number of carbonyl (C=O) groups excluding carboxylic acids is 1. The Kier molecular flexibility index (Phi) is 6.87. The maximum absolute atomic E-state index is 11.7. The first-order valence-electron chi connectivity index (χ1n) is 8.63. The maximum Gasteiger partial charge on any atom is 0.409 e. The number of aromatic amines is 1. The van der Waals surface area contributed by atoms with Crippen LogP contribution < -0.4 is 16.4 Å². The molecule has 0 saturated heterocycles. The lowest BCUT2D eigenvalue weighted by atomic mass is 10.1. The van der Waals surface area contributed by atoms with Gasteiger partial charge in [-0.1, -0.05) is 23.7 Å². The lowest BCUT2D eigenvalue weighted by Crippen LogP contribution is -2.34. The topological polar surface area (TPSA) is 142 Å². The number of ether oxygens (including phenoxy) is 1. The summed E-state index contributed by atoms with van der Waals surface area (Å²) in [7, 11) is 0. The van der Waals surface area contributed by atoms with E-state index < -0.39 is 23.8 Å². The molecule has 2 amide bonds. The maximum atomic E-state index is 11.7. The van der Waals surface area contributed by atoms with Crippen molar-refractivity contribution in [1.29, 1.82) is 0 Å². The fraction of sp³-hybridized carbons (Fsp3) is 0.389. The van der Waals surface area contributed by atoms with Crippen LogP contribution in [-0.4, -0.2) is 39.4 Å². The number of amides is 2. The molecule has 1 aromatic carbocycles. The van der Waals surface area contributed by atoms with Crippen molar-refractivity contribution in [2.24, 2.45) is 5.73 Å². The zero-order valence-corrected chi connectivity index (χ0v) is 16.6. The minimum Gasteiger partial charge on any atom is -0.465 e. The van der Waals surface area contributed by atoms with Gasteiger partial charge in [0.25, 0.3) is 0 Å². The van der Waals surface area contributed by atoms with Crippen LogP contribution in [0.3, 0.4) is 0 Å². The smallest absolute Gasteiger partial charge is 0.409 e. The number of nitrogens with zero attached hydrogens (tertiary/aromatic N) is 1. The van der Waals surface area contributed by atoms with E-state index in [4.69, 9.17) is 27.2 Å². The van der Waals surface area contributed by atoms with Gasteiger partial charge in [-0.2, -0.15) is 0 Å². The highest BCUT2D eigenvalue weighted by Crippen LogP contribution is 2.28. The minimum atomic E-state index is -1.14. The van der Waals surface area contributed by atoms with Gasteiger partial charge >= 0.3 is 12.2 Å². The molecule has 1 aromatic heterocycles. The molecule has 0 unspecified atom stereocenters. The minimum absolute atomic E-state index is 0.319. The van der Waals surface area contributed by atoms with E-state index in [1.165, 1.54) is 0 Å². The summed E-state index contributed by atoms with van der Waals surface area (Å²) in [5, 5.41) is 14.0. The summed E-state index contributed by atoms with van der Waals surface area (Å²) in [6.07, 6.45) is -1.21. The van der Waals surface area contributed by atoms with Gasteiger partial charge in [0.2, 0.25) is 0 Å². The average molecular weight is 410 g/mol. The number of nitrogens with one attached hydrogen (secondary N) is 3. The number of anilines is 1. The third-order valence-electron chi connectivity index (χ3n) is 3.56. The first-order chi connectivity index (χ1) is 13.0. The Morgan fingerprint density at radius 2 is 1.96 bits per heavy atom. The van der Waals surface area contributed by atoms with Crippen LogP contribution in [0.25, 0.3) is 11.3 Å². The molecule has 152 valence electrons. The summed E-state index contributed by atoms with van der Waals surface area (Å²) in [4.78, 5) is 29.7. The van der Waals surface area contributed by atoms with Gasteiger partial charge in [0, 0.05) is 17.8 Å². The van der Waals surface area contributed by atoms with Crippen LogP contribution in [0.2, 0.25) is 5.15 Å². The molecular weight excluding hydrogens is 386 g/mol. The third-order valence-corrected chi connectivity index (χ3v) is 3.84. The van der Waals surface area contributed by atoms with Crippen LogP contribution >= 0.6 is 11.6 Å². The molecule has 0 saturated carbocycles. The summed E-state index contributed by atoms with van der Waals surface area (Å²) in [6, 6.07) is 6.16. The number of halogens is 1. The Morgan fingerprint density at radius 3 is 2.54 bits per heavy atom. The highest BCUT2D eigenvalue weighted by Gasteiger charge is 2.18. The van der Waals surface area contributed by atoms with E-state index in [-0.39, 0.29) is 0 Å². The second kappa shape index (κ2) is 8.94. The molecule has 0 radical (unpaired) electrons. The van der Waals surface area contributed by atoms with E-state index >= 15 is 0 Å². The largest absolute Gasteiger partial charge is 0.465 e. The molecule has 0 bridgehead atoms. The van der Waals surface area contributed by atoms with E-state index in [9.17, 15) is 9.59 Å². The number of alkyl carbamates (subject to hydrolysis) is 1. The number of hydrogen-bond acceptors (Lipinski definition) is 5. The van der Waals surface area contributed by atoms with Crippen molar-refractivity contribution >= 4 is 29.5 Å². The quantitative estimate of drug-likeness (QED) is 0.491. The Bertz CT molecular complexity index is 829. The monoisotopic (exact) mass is 409 g/mol. The Labute approximate surface area is 167 Å². The molecule has 28 heavy (non-hydrogen) atoms. The number of carboxylic acid groups (broad SMARTS) is 1. The summed E-state index contributed by atoms with van der Waals surface area (Å²) >= 11 is 6.23. The van der Waals surface area contributed by atoms with Crippen molar-refractivity contribution in [3.8, 4) is 11.3 Å². The number of benzene rings is 1. The molecule has 0 aliphatic heterocycles. The van der Waals surface area contributed by atoms with Gasteiger partial charge in [0.05, 0.1) is 6.04 Å². The van der Waals surface area contributed by atoms with Crippen molar-refractivity contribution in [1.82, 2.24) is 15.3 Å². The zero-order valence-electron chi connectivity index (χ0n) is 15.9. The molecule has 0 spiro atoms. The van der Waals surface area contributed by atoms with Crippen molar-refractivity contribution in [2.75, 3.05) is 11.9 Å². The Hall–Kier alpha value is -2.78. The highest BCUT2D eigenvalue weighted by atomic mass is 35.5. The average Bonchev–Trinajstić information content (AvgIpc) is 2.95. The summed E-state index contributed by atoms with van der Waals surface area (Å²) < 4.78 is 5.16. The third kappa shape index (κ3) is 6.43. The number of imidazole rings is 1. The number of nitrogens with two attached hydrogens (primary N) is 1. The molecule has 0 fully saturated rings. The predicted molar refractivity (Wildman–Crippen MR) is 106 cm³/mol. The van der Waals surface area contributed by atoms with Crippen LogP contribution in [0.5, 0.6) is 0 Å². The van der Waals surface area contributed by atoms with Crippen LogP contribution in [0.4, 0.5) is 15.3 Å². The fourth-order valence-corrected chi connectivity index (χ4v) is 2.60. The SMILES string of the molecule is CC(C)(C)OC(=O)NCC[C@H](N)c1nc(-c2ccc(NC(=O)O)cc2)c(Cl)[nH]1. The number of H-pyrrole nitrogens is 1. The zero-order chi connectivity index (χ0) is 20.9. The van der Waals surface area contributed by atoms with Crippen LogP contribution in [-0.2, 0) is 4.74 Å². The highest BCUT2D eigenvalue weighted by molar-refractivity contribution is 6.31. The molecule has 10 heteroatoms. The van der Waals surface area contributed by atoms with Crippen molar-refractivity contribution in [3.63, 3.8) is 0 Å². The van der Waals surface area contributed by atoms with Crippen LogP contribution in [0.1, 0.15) is 39.1 Å². The van der Waals surface area contributed by atoms with E-state index in [2.05, 4.69) is 20.6 Å². The van der Waals surface area contributed by atoms with Gasteiger partial charge in [-0.15, -0.1) is 0 Å². The number of aromatic nitrogens is 2. The first kappa shape index (κ1) is 21.5. The molecular formula is C18H24ClN5O4. The van der Waals surface area contributed by atoms with E-state index in [0.717, 1.165) is 0 Å². The molecule has 2 rings (SSSR count). The molecule has 0 aliphatic carbocycles. The Morgan fingerprint density at radius 1 is 1.32 bits per heavy atom. The Balaban J connectivity index is 1.97. The van der Waals surface area contributed by atoms with Gasteiger partial charge < -0.3 is 25.9 Å². The lowest BCUT2D eigenvalue weighted by Gasteiger charge is -2.20. The first-order valence-corrected chi connectivity index (χ1v) is 9.01. The number of carbonyl (C=O) groups is 2. The normalized spacial score (nSPS) is 12.3. The van der Waals surface area contributed by atoms with E-state index in [0.29, 0.717) is 40.9 Å². The predicted octanol–water partition coefficient (Wildman–Crippen LogP) is 3.73. The summed E-state index contributed by atoms with van der Waals surface area (Å²) in [5.74, 6) is 0.485. The lowest BCUT2D eigenvalue weighted by molar-refractivity contribution is 0.0526. The van der Waals surface area contributed by atoms with E-state index in [1.54, 1.807) is 45.0 Å². The number of hydrogen-bond donors (Lipinski definition) is 5. The van der Waals surface area contributed by atoms with Crippen LogP contribution in [0, 0.1) is 0 Å². The van der Waals surface area contributed by atoms with Gasteiger partial charge in [0.15, 0.2) is 0 Å². The second-order valence-electron chi connectivity index (χ2n) is 7.12.